The monoisotopic (exact) mass is 310 g/mol. The minimum Gasteiger partial charge on any atom is -0.314 e. The van der Waals surface area contributed by atoms with Crippen molar-refractivity contribution in [1.29, 1.82) is 0 Å². The first-order valence-electron chi connectivity index (χ1n) is 7.72. The van der Waals surface area contributed by atoms with E-state index in [1.165, 1.54) is 6.07 Å². The number of benzene rings is 1. The molecule has 1 N–H and O–H groups in total. The van der Waals surface area contributed by atoms with Gasteiger partial charge < -0.3 is 5.32 Å². The Hall–Kier alpha value is -0.900. The lowest BCUT2D eigenvalue weighted by Gasteiger charge is -2.35. The fraction of sp³-hybridized carbons (Fsp3) is 0.529. The average Bonchev–Trinajstić information content (AvgIpc) is 2.47. The van der Waals surface area contributed by atoms with E-state index in [9.17, 15) is 4.39 Å². The number of rotatable bonds is 7. The predicted molar refractivity (Wildman–Crippen MR) is 87.3 cm³/mol. The summed E-state index contributed by atoms with van der Waals surface area (Å²) < 4.78 is 13.7. The lowest BCUT2D eigenvalue weighted by Crippen LogP contribution is -2.45. The van der Waals surface area contributed by atoms with Crippen LogP contribution >= 0.6 is 11.6 Å². The van der Waals surface area contributed by atoms with Crippen molar-refractivity contribution in [3.63, 3.8) is 0 Å². The van der Waals surface area contributed by atoms with Gasteiger partial charge in [-0.05, 0) is 43.0 Å². The Morgan fingerprint density at radius 3 is 2.71 bits per heavy atom. The van der Waals surface area contributed by atoms with E-state index in [1.54, 1.807) is 6.07 Å². The maximum atomic E-state index is 13.7. The van der Waals surface area contributed by atoms with E-state index in [1.807, 2.05) is 12.1 Å². The fourth-order valence-corrected chi connectivity index (χ4v) is 3.18. The Morgan fingerprint density at radius 2 is 2.05 bits per heavy atom. The Bertz CT molecular complexity index is 438. The van der Waals surface area contributed by atoms with E-state index in [-0.39, 0.29) is 11.9 Å². The lowest BCUT2D eigenvalue weighted by molar-refractivity contribution is 0.162. The minimum absolute atomic E-state index is 0.247. The molecule has 1 aliphatic heterocycles. The largest absolute Gasteiger partial charge is 0.314 e. The molecule has 4 heteroatoms. The molecule has 0 spiro atoms. The molecule has 0 aliphatic carbocycles. The van der Waals surface area contributed by atoms with Crippen molar-refractivity contribution in [2.75, 3.05) is 26.2 Å². The highest BCUT2D eigenvalue weighted by Gasteiger charge is 2.22. The zero-order valence-electron chi connectivity index (χ0n) is 12.5. The van der Waals surface area contributed by atoms with Crippen LogP contribution in [-0.2, 0) is 0 Å². The van der Waals surface area contributed by atoms with Crippen molar-refractivity contribution in [1.82, 2.24) is 10.2 Å². The van der Waals surface area contributed by atoms with E-state index >= 15 is 0 Å². The van der Waals surface area contributed by atoms with Gasteiger partial charge in [0.15, 0.2) is 0 Å². The first kappa shape index (κ1) is 16.5. The van der Waals surface area contributed by atoms with E-state index in [0.717, 1.165) is 57.4 Å². The molecule has 1 aromatic carbocycles. The van der Waals surface area contributed by atoms with Crippen LogP contribution in [0.5, 0.6) is 0 Å². The highest BCUT2D eigenvalue weighted by Crippen LogP contribution is 2.29. The molecule has 0 bridgehead atoms. The van der Waals surface area contributed by atoms with Crippen molar-refractivity contribution >= 4 is 11.6 Å². The van der Waals surface area contributed by atoms with Gasteiger partial charge in [0.1, 0.15) is 5.82 Å². The molecule has 0 unspecified atom stereocenters. The number of allylic oxidation sites excluding steroid dienone is 1. The quantitative estimate of drug-likeness (QED) is 0.600. The summed E-state index contributed by atoms with van der Waals surface area (Å²) in [5.74, 6) is -0.247. The number of nitrogens with zero attached hydrogens (tertiary/aromatic N) is 1. The maximum absolute atomic E-state index is 13.7. The Kier molecular flexibility index (Phi) is 6.68. The lowest BCUT2D eigenvalue weighted by atomic mass is 9.98. The molecule has 0 radical (unpaired) electrons. The van der Waals surface area contributed by atoms with Crippen molar-refractivity contribution in [3.8, 4) is 0 Å². The van der Waals surface area contributed by atoms with E-state index in [2.05, 4.69) is 16.8 Å². The van der Waals surface area contributed by atoms with Crippen molar-refractivity contribution in [2.45, 2.75) is 31.7 Å². The van der Waals surface area contributed by atoms with Gasteiger partial charge in [-0.15, -0.1) is 6.58 Å². The van der Waals surface area contributed by atoms with Gasteiger partial charge in [-0.25, -0.2) is 4.39 Å². The van der Waals surface area contributed by atoms with Crippen LogP contribution < -0.4 is 5.32 Å². The topological polar surface area (TPSA) is 15.3 Å². The van der Waals surface area contributed by atoms with Crippen LogP contribution in [0.1, 0.15) is 37.3 Å². The zero-order valence-corrected chi connectivity index (χ0v) is 13.2. The third kappa shape index (κ3) is 5.10. The van der Waals surface area contributed by atoms with Crippen molar-refractivity contribution in [3.05, 3.63) is 47.3 Å². The molecule has 0 saturated carbocycles. The third-order valence-electron chi connectivity index (χ3n) is 4.00. The summed E-state index contributed by atoms with van der Waals surface area (Å²) >= 11 is 6.03. The van der Waals surface area contributed by atoms with Gasteiger partial charge in [0.2, 0.25) is 0 Å². The molecule has 1 heterocycles. The summed E-state index contributed by atoms with van der Waals surface area (Å²) in [6.45, 7) is 7.75. The molecule has 0 amide bonds. The van der Waals surface area contributed by atoms with Crippen LogP contribution in [0.4, 0.5) is 4.39 Å². The van der Waals surface area contributed by atoms with Gasteiger partial charge >= 0.3 is 0 Å². The zero-order chi connectivity index (χ0) is 15.1. The number of hydrogen-bond donors (Lipinski definition) is 1. The molecular formula is C17H24ClFN2. The van der Waals surface area contributed by atoms with E-state index < -0.39 is 0 Å². The summed E-state index contributed by atoms with van der Waals surface area (Å²) in [7, 11) is 0. The first-order chi connectivity index (χ1) is 10.2. The Labute approximate surface area is 132 Å². The van der Waals surface area contributed by atoms with Crippen LogP contribution in [0.15, 0.2) is 30.9 Å². The van der Waals surface area contributed by atoms with Gasteiger partial charge in [0, 0.05) is 37.2 Å². The summed E-state index contributed by atoms with van der Waals surface area (Å²) in [6.07, 6.45) is 6.29. The van der Waals surface area contributed by atoms with Crippen molar-refractivity contribution in [2.24, 2.45) is 0 Å². The molecule has 1 fully saturated rings. The number of halogens is 2. The van der Waals surface area contributed by atoms with Gasteiger partial charge in [-0.3, -0.25) is 4.90 Å². The van der Waals surface area contributed by atoms with Gasteiger partial charge in [-0.1, -0.05) is 24.1 Å². The average molecular weight is 311 g/mol. The van der Waals surface area contributed by atoms with Gasteiger partial charge in [0.05, 0.1) is 0 Å². The first-order valence-corrected chi connectivity index (χ1v) is 8.10. The second-order valence-corrected chi connectivity index (χ2v) is 6.01. The fourth-order valence-electron chi connectivity index (χ4n) is 2.95. The minimum atomic E-state index is -0.247. The highest BCUT2D eigenvalue weighted by molar-refractivity contribution is 6.30. The number of unbranched alkanes of at least 4 members (excludes halogenated alkanes) is 2. The second kappa shape index (κ2) is 8.52. The summed E-state index contributed by atoms with van der Waals surface area (Å²) in [5, 5.41) is 3.85. The summed E-state index contributed by atoms with van der Waals surface area (Å²) in [6, 6.07) is 5.17. The van der Waals surface area contributed by atoms with Gasteiger partial charge in [-0.2, -0.15) is 0 Å². The molecule has 1 aromatic rings. The van der Waals surface area contributed by atoms with Crippen LogP contribution in [0.2, 0.25) is 5.02 Å². The molecule has 1 atom stereocenters. The molecule has 0 aromatic heterocycles. The molecule has 1 aliphatic rings. The highest BCUT2D eigenvalue weighted by atomic mass is 35.5. The number of nitrogens with one attached hydrogen (secondary N) is 1. The molecular weight excluding hydrogens is 287 g/mol. The third-order valence-corrected chi connectivity index (χ3v) is 4.22. The normalized spacial score (nSPS) is 17.6. The Balaban J connectivity index is 2.10. The molecule has 2 rings (SSSR count). The standard InChI is InChI=1S/C17H24ClFN2/c1-2-3-4-5-6-17(21-9-7-20-8-10-21)14-11-15(18)13-16(19)12-14/h2,11-13,17,20H,1,3-10H2/t17-/m1/s1. The SMILES string of the molecule is C=CCCCC[C@H](c1cc(F)cc(Cl)c1)N1CCNCC1. The molecule has 116 valence electrons. The summed E-state index contributed by atoms with van der Waals surface area (Å²) in [5.41, 5.74) is 1.00. The number of hydrogen-bond acceptors (Lipinski definition) is 2. The number of piperazine rings is 1. The van der Waals surface area contributed by atoms with Crippen LogP contribution in [0, 0.1) is 5.82 Å². The molecule has 1 saturated heterocycles. The second-order valence-electron chi connectivity index (χ2n) is 5.58. The van der Waals surface area contributed by atoms with Crippen LogP contribution in [-0.4, -0.2) is 31.1 Å². The van der Waals surface area contributed by atoms with Gasteiger partial charge in [0.25, 0.3) is 0 Å². The van der Waals surface area contributed by atoms with E-state index in [4.69, 9.17) is 11.6 Å². The molecule has 2 nitrogen and oxygen atoms in total. The summed E-state index contributed by atoms with van der Waals surface area (Å²) in [4.78, 5) is 2.44. The van der Waals surface area contributed by atoms with Crippen LogP contribution in [0.3, 0.4) is 0 Å². The van der Waals surface area contributed by atoms with E-state index in [0.29, 0.717) is 5.02 Å². The predicted octanol–water partition coefficient (Wildman–Crippen LogP) is 4.17. The smallest absolute Gasteiger partial charge is 0.125 e. The maximum Gasteiger partial charge on any atom is 0.125 e. The van der Waals surface area contributed by atoms with Crippen LogP contribution in [0.25, 0.3) is 0 Å². The molecule has 21 heavy (non-hydrogen) atoms. The van der Waals surface area contributed by atoms with Crippen molar-refractivity contribution < 1.29 is 4.39 Å². The Morgan fingerprint density at radius 1 is 1.29 bits per heavy atom.